The Morgan fingerprint density at radius 1 is 1.29 bits per heavy atom. The lowest BCUT2D eigenvalue weighted by Crippen LogP contribution is -2.58. The maximum absolute atomic E-state index is 12.9. The molecule has 0 aromatic rings. The Morgan fingerprint density at radius 2 is 1.88 bits per heavy atom. The Labute approximate surface area is 103 Å². The number of hydrogen-bond donors (Lipinski definition) is 0. The number of nitrogens with zero attached hydrogens (tertiary/aromatic N) is 2. The van der Waals surface area contributed by atoms with Crippen LogP contribution in [0.1, 0.15) is 27.7 Å². The van der Waals surface area contributed by atoms with E-state index in [1.165, 1.54) is 0 Å². The monoisotopic (exact) mass is 242 g/mol. The van der Waals surface area contributed by atoms with Gasteiger partial charge in [-0.1, -0.05) is 20.4 Å². The fourth-order valence-corrected chi connectivity index (χ4v) is 2.41. The Hall–Kier alpha value is -0.900. The first-order chi connectivity index (χ1) is 7.84. The SMILES string of the molecule is C=C(F)C(=O)N1CCN(C(C)C)C(C(C)C)C1. The third kappa shape index (κ3) is 3.28. The van der Waals surface area contributed by atoms with E-state index in [0.717, 1.165) is 6.54 Å². The number of rotatable bonds is 3. The van der Waals surface area contributed by atoms with Crippen LogP contribution in [-0.4, -0.2) is 47.4 Å². The molecule has 1 amide bonds. The second-order valence-corrected chi connectivity index (χ2v) is 5.30. The van der Waals surface area contributed by atoms with Gasteiger partial charge in [0.25, 0.3) is 5.91 Å². The zero-order valence-corrected chi connectivity index (χ0v) is 11.2. The van der Waals surface area contributed by atoms with Gasteiger partial charge in [-0.05, 0) is 19.8 Å². The number of carbonyl (C=O) groups excluding carboxylic acids is 1. The fraction of sp³-hybridized carbons (Fsp3) is 0.769. The van der Waals surface area contributed by atoms with Gasteiger partial charge in [-0.3, -0.25) is 9.69 Å². The van der Waals surface area contributed by atoms with Crippen LogP contribution in [0, 0.1) is 5.92 Å². The van der Waals surface area contributed by atoms with Gasteiger partial charge in [0, 0.05) is 31.7 Å². The summed E-state index contributed by atoms with van der Waals surface area (Å²) in [6, 6.07) is 0.750. The van der Waals surface area contributed by atoms with E-state index in [4.69, 9.17) is 0 Å². The number of piperazine rings is 1. The molecule has 4 heteroatoms. The highest BCUT2D eigenvalue weighted by Crippen LogP contribution is 2.20. The topological polar surface area (TPSA) is 23.6 Å². The summed E-state index contributed by atoms with van der Waals surface area (Å²) in [5.74, 6) is -0.967. The molecule has 0 aromatic heterocycles. The third-order valence-electron chi connectivity index (χ3n) is 3.41. The number of amides is 1. The molecule has 0 aliphatic carbocycles. The van der Waals surface area contributed by atoms with Crippen molar-refractivity contribution in [2.75, 3.05) is 19.6 Å². The molecule has 1 atom stereocenters. The average Bonchev–Trinajstić information content (AvgIpc) is 2.26. The van der Waals surface area contributed by atoms with Crippen molar-refractivity contribution < 1.29 is 9.18 Å². The molecule has 0 aromatic carbocycles. The summed E-state index contributed by atoms with van der Waals surface area (Å²) in [6.45, 7) is 13.7. The predicted molar refractivity (Wildman–Crippen MR) is 67.3 cm³/mol. The molecule has 1 saturated heterocycles. The van der Waals surface area contributed by atoms with Crippen molar-refractivity contribution in [2.45, 2.75) is 39.8 Å². The van der Waals surface area contributed by atoms with E-state index in [1.54, 1.807) is 4.90 Å². The van der Waals surface area contributed by atoms with Crippen molar-refractivity contribution in [3.8, 4) is 0 Å². The summed E-state index contributed by atoms with van der Waals surface area (Å²) in [5, 5.41) is 0. The van der Waals surface area contributed by atoms with Crippen LogP contribution in [0.15, 0.2) is 12.4 Å². The van der Waals surface area contributed by atoms with Crippen LogP contribution in [-0.2, 0) is 4.79 Å². The minimum atomic E-state index is -0.856. The van der Waals surface area contributed by atoms with Crippen molar-refractivity contribution in [3.63, 3.8) is 0 Å². The van der Waals surface area contributed by atoms with E-state index in [0.29, 0.717) is 31.1 Å². The fourth-order valence-electron chi connectivity index (χ4n) is 2.41. The van der Waals surface area contributed by atoms with Crippen LogP contribution in [0.3, 0.4) is 0 Å². The highest BCUT2D eigenvalue weighted by molar-refractivity contribution is 5.90. The number of hydrogen-bond acceptors (Lipinski definition) is 2. The van der Waals surface area contributed by atoms with E-state index < -0.39 is 11.7 Å². The minimum absolute atomic E-state index is 0.298. The molecular formula is C13H23FN2O. The summed E-state index contributed by atoms with van der Waals surface area (Å²) in [7, 11) is 0. The maximum Gasteiger partial charge on any atom is 0.282 e. The lowest BCUT2D eigenvalue weighted by molar-refractivity contribution is -0.132. The van der Waals surface area contributed by atoms with Gasteiger partial charge in [0.1, 0.15) is 0 Å². The van der Waals surface area contributed by atoms with Crippen molar-refractivity contribution >= 4 is 5.91 Å². The Kier molecular flexibility index (Phi) is 4.69. The van der Waals surface area contributed by atoms with Crippen molar-refractivity contribution in [1.82, 2.24) is 9.80 Å². The molecule has 0 saturated carbocycles. The van der Waals surface area contributed by atoms with Gasteiger partial charge in [-0.15, -0.1) is 0 Å². The zero-order chi connectivity index (χ0) is 13.2. The molecule has 1 heterocycles. The molecule has 0 radical (unpaired) electrons. The van der Waals surface area contributed by atoms with E-state index in [1.807, 2.05) is 0 Å². The van der Waals surface area contributed by atoms with Gasteiger partial charge in [0.05, 0.1) is 0 Å². The lowest BCUT2D eigenvalue weighted by Gasteiger charge is -2.45. The van der Waals surface area contributed by atoms with E-state index in [2.05, 4.69) is 39.2 Å². The maximum atomic E-state index is 12.9. The van der Waals surface area contributed by atoms with Crippen LogP contribution in [0.4, 0.5) is 4.39 Å². The first-order valence-electron chi connectivity index (χ1n) is 6.24. The molecule has 0 N–H and O–H groups in total. The molecule has 17 heavy (non-hydrogen) atoms. The summed E-state index contributed by atoms with van der Waals surface area (Å²) in [5.41, 5.74) is 0. The van der Waals surface area contributed by atoms with Crippen LogP contribution in [0.2, 0.25) is 0 Å². The molecule has 1 aliphatic rings. The standard InChI is InChI=1S/C13H23FN2O/c1-9(2)12-8-15(13(17)11(5)14)6-7-16(12)10(3)4/h9-10,12H,5-8H2,1-4H3. The number of halogens is 1. The summed E-state index contributed by atoms with van der Waals surface area (Å²) < 4.78 is 12.9. The Bertz CT molecular complexity index is 302. The summed E-state index contributed by atoms with van der Waals surface area (Å²) in [4.78, 5) is 15.5. The quantitative estimate of drug-likeness (QED) is 0.707. The third-order valence-corrected chi connectivity index (χ3v) is 3.41. The smallest absolute Gasteiger partial charge is 0.282 e. The van der Waals surface area contributed by atoms with Gasteiger partial charge in [0.15, 0.2) is 5.83 Å². The van der Waals surface area contributed by atoms with Crippen LogP contribution in [0.25, 0.3) is 0 Å². The average molecular weight is 242 g/mol. The first kappa shape index (κ1) is 14.2. The van der Waals surface area contributed by atoms with Gasteiger partial charge in [-0.25, -0.2) is 4.39 Å². The van der Waals surface area contributed by atoms with Crippen molar-refractivity contribution in [3.05, 3.63) is 12.4 Å². The van der Waals surface area contributed by atoms with Gasteiger partial charge >= 0.3 is 0 Å². The summed E-state index contributed by atoms with van der Waals surface area (Å²) in [6.07, 6.45) is 0. The van der Waals surface area contributed by atoms with Gasteiger partial charge < -0.3 is 4.90 Å². The molecule has 1 aliphatic heterocycles. The minimum Gasteiger partial charge on any atom is -0.334 e. The van der Waals surface area contributed by atoms with Crippen molar-refractivity contribution in [1.29, 1.82) is 0 Å². The van der Waals surface area contributed by atoms with Crippen LogP contribution in [0.5, 0.6) is 0 Å². The highest BCUT2D eigenvalue weighted by Gasteiger charge is 2.33. The predicted octanol–water partition coefficient (Wildman–Crippen LogP) is 2.05. The zero-order valence-electron chi connectivity index (χ0n) is 11.2. The Morgan fingerprint density at radius 3 is 2.29 bits per heavy atom. The second kappa shape index (κ2) is 5.63. The van der Waals surface area contributed by atoms with E-state index >= 15 is 0 Å². The van der Waals surface area contributed by atoms with Gasteiger partial charge in [-0.2, -0.15) is 0 Å². The molecule has 1 fully saturated rings. The summed E-state index contributed by atoms with van der Waals surface area (Å²) >= 11 is 0. The van der Waals surface area contributed by atoms with E-state index in [9.17, 15) is 9.18 Å². The van der Waals surface area contributed by atoms with E-state index in [-0.39, 0.29) is 0 Å². The second-order valence-electron chi connectivity index (χ2n) is 5.30. The Balaban J connectivity index is 2.75. The molecular weight excluding hydrogens is 219 g/mol. The van der Waals surface area contributed by atoms with Crippen molar-refractivity contribution in [2.24, 2.45) is 5.92 Å². The molecule has 98 valence electrons. The largest absolute Gasteiger partial charge is 0.334 e. The van der Waals surface area contributed by atoms with Crippen LogP contribution < -0.4 is 0 Å². The molecule has 1 unspecified atom stereocenters. The number of carbonyl (C=O) groups is 1. The normalized spacial score (nSPS) is 22.3. The molecule has 0 bridgehead atoms. The highest BCUT2D eigenvalue weighted by atomic mass is 19.1. The van der Waals surface area contributed by atoms with Crippen LogP contribution >= 0.6 is 0 Å². The molecule has 1 rings (SSSR count). The first-order valence-corrected chi connectivity index (χ1v) is 6.24. The van der Waals surface area contributed by atoms with Gasteiger partial charge in [0.2, 0.25) is 0 Å². The molecule has 3 nitrogen and oxygen atoms in total. The lowest BCUT2D eigenvalue weighted by atomic mass is 9.98. The molecule has 0 spiro atoms.